The van der Waals surface area contributed by atoms with Gasteiger partial charge in [0.1, 0.15) is 5.75 Å². The van der Waals surface area contributed by atoms with Crippen LogP contribution in [0.2, 0.25) is 0 Å². The summed E-state index contributed by atoms with van der Waals surface area (Å²) in [5.41, 5.74) is 7.10. The first-order valence-corrected chi connectivity index (χ1v) is 6.61. The topological polar surface area (TPSA) is 74.2 Å². The van der Waals surface area contributed by atoms with Crippen LogP contribution in [0.1, 0.15) is 44.1 Å². The van der Waals surface area contributed by atoms with Crippen molar-refractivity contribution in [2.45, 2.75) is 33.2 Å². The van der Waals surface area contributed by atoms with Crippen molar-refractivity contribution in [2.75, 3.05) is 7.11 Å². The molecule has 0 bridgehead atoms. The summed E-state index contributed by atoms with van der Waals surface area (Å²) in [7, 11) is 1.65. The lowest BCUT2D eigenvalue weighted by molar-refractivity contribution is 0.252. The third-order valence-corrected chi connectivity index (χ3v) is 3.20. The van der Waals surface area contributed by atoms with Crippen molar-refractivity contribution in [3.8, 4) is 5.75 Å². The molecule has 20 heavy (non-hydrogen) atoms. The summed E-state index contributed by atoms with van der Waals surface area (Å²) in [6.45, 7) is 6.14. The highest BCUT2D eigenvalue weighted by Crippen LogP contribution is 2.29. The molecule has 0 aliphatic carbocycles. The minimum absolute atomic E-state index is 0.107. The number of hydrogen-bond donors (Lipinski definition) is 1. The molecule has 2 rings (SSSR count). The van der Waals surface area contributed by atoms with Gasteiger partial charge in [-0.15, -0.1) is 0 Å². The SMILES string of the molecule is COc1ccc(Cc2noc(C(N)C(C)(C)C)n2)cc1. The molecule has 1 atom stereocenters. The van der Waals surface area contributed by atoms with E-state index in [1.807, 2.05) is 45.0 Å². The zero-order valence-electron chi connectivity index (χ0n) is 12.4. The molecule has 1 heterocycles. The number of methoxy groups -OCH3 is 1. The fourth-order valence-corrected chi connectivity index (χ4v) is 1.76. The zero-order valence-corrected chi connectivity index (χ0v) is 12.4. The summed E-state index contributed by atoms with van der Waals surface area (Å²) < 4.78 is 10.4. The molecule has 2 N–H and O–H groups in total. The van der Waals surface area contributed by atoms with Crippen LogP contribution in [-0.4, -0.2) is 17.3 Å². The molecule has 1 aromatic heterocycles. The van der Waals surface area contributed by atoms with Gasteiger partial charge in [0.2, 0.25) is 5.89 Å². The Morgan fingerprint density at radius 2 is 1.90 bits per heavy atom. The normalized spacial score (nSPS) is 13.2. The molecule has 5 heteroatoms. The minimum atomic E-state index is -0.264. The Bertz CT molecular complexity index is 555. The average Bonchev–Trinajstić information content (AvgIpc) is 2.86. The number of benzene rings is 1. The van der Waals surface area contributed by atoms with E-state index in [0.29, 0.717) is 18.1 Å². The molecule has 0 fully saturated rings. The summed E-state index contributed by atoms with van der Waals surface area (Å²) in [5, 5.41) is 3.99. The molecular formula is C15H21N3O2. The molecular weight excluding hydrogens is 254 g/mol. The maximum Gasteiger partial charge on any atom is 0.244 e. The second-order valence-corrected chi connectivity index (χ2v) is 5.92. The van der Waals surface area contributed by atoms with Crippen LogP contribution in [0.4, 0.5) is 0 Å². The van der Waals surface area contributed by atoms with Gasteiger partial charge in [-0.3, -0.25) is 0 Å². The highest BCUT2D eigenvalue weighted by molar-refractivity contribution is 5.28. The van der Waals surface area contributed by atoms with Crippen LogP contribution in [0.25, 0.3) is 0 Å². The first-order valence-electron chi connectivity index (χ1n) is 6.61. The second kappa shape index (κ2) is 5.63. The zero-order chi connectivity index (χ0) is 14.8. The molecule has 1 aromatic carbocycles. The summed E-state index contributed by atoms with van der Waals surface area (Å²) in [6.07, 6.45) is 0.615. The highest BCUT2D eigenvalue weighted by atomic mass is 16.5. The molecule has 108 valence electrons. The number of nitrogens with zero attached hydrogens (tertiary/aromatic N) is 2. The summed E-state index contributed by atoms with van der Waals surface area (Å²) in [4.78, 5) is 4.38. The number of ether oxygens (including phenoxy) is 1. The van der Waals surface area contributed by atoms with Crippen LogP contribution in [-0.2, 0) is 6.42 Å². The first kappa shape index (κ1) is 14.5. The van der Waals surface area contributed by atoms with Gasteiger partial charge in [0.15, 0.2) is 5.82 Å². The largest absolute Gasteiger partial charge is 0.497 e. The monoisotopic (exact) mass is 275 g/mol. The molecule has 1 unspecified atom stereocenters. The van der Waals surface area contributed by atoms with E-state index in [4.69, 9.17) is 15.0 Å². The van der Waals surface area contributed by atoms with Crippen molar-refractivity contribution < 1.29 is 9.26 Å². The molecule has 0 radical (unpaired) electrons. The first-order chi connectivity index (χ1) is 9.40. The molecule has 5 nitrogen and oxygen atoms in total. The van der Waals surface area contributed by atoms with Gasteiger partial charge in [0.05, 0.1) is 13.2 Å². The average molecular weight is 275 g/mol. The van der Waals surface area contributed by atoms with Crippen molar-refractivity contribution in [1.82, 2.24) is 10.1 Å². The predicted molar refractivity (Wildman–Crippen MR) is 76.5 cm³/mol. The van der Waals surface area contributed by atoms with Gasteiger partial charge in [0, 0.05) is 6.42 Å². The van der Waals surface area contributed by atoms with Crippen molar-refractivity contribution in [3.63, 3.8) is 0 Å². The van der Waals surface area contributed by atoms with Gasteiger partial charge in [0.25, 0.3) is 0 Å². The molecule has 0 spiro atoms. The molecule has 0 saturated carbocycles. The molecule has 0 amide bonds. The fourth-order valence-electron chi connectivity index (χ4n) is 1.76. The Morgan fingerprint density at radius 3 is 2.45 bits per heavy atom. The standard InChI is InChI=1S/C15H21N3O2/c1-15(2,3)13(16)14-17-12(18-20-14)9-10-5-7-11(19-4)8-6-10/h5-8,13H,9,16H2,1-4H3. The van der Waals surface area contributed by atoms with Crippen molar-refractivity contribution >= 4 is 0 Å². The van der Waals surface area contributed by atoms with Gasteiger partial charge >= 0.3 is 0 Å². The van der Waals surface area contributed by atoms with E-state index in [-0.39, 0.29) is 11.5 Å². The maximum atomic E-state index is 6.10. The Morgan fingerprint density at radius 1 is 1.25 bits per heavy atom. The second-order valence-electron chi connectivity index (χ2n) is 5.92. The van der Waals surface area contributed by atoms with Crippen LogP contribution < -0.4 is 10.5 Å². The quantitative estimate of drug-likeness (QED) is 0.928. The Balaban J connectivity index is 2.09. The maximum absolute atomic E-state index is 6.10. The van der Waals surface area contributed by atoms with E-state index >= 15 is 0 Å². The Labute approximate surface area is 119 Å². The van der Waals surface area contributed by atoms with E-state index in [0.717, 1.165) is 11.3 Å². The molecule has 0 aliphatic rings. The van der Waals surface area contributed by atoms with Crippen LogP contribution >= 0.6 is 0 Å². The third-order valence-electron chi connectivity index (χ3n) is 3.20. The van der Waals surface area contributed by atoms with Crippen molar-refractivity contribution in [3.05, 3.63) is 41.5 Å². The number of rotatable bonds is 4. The fraction of sp³-hybridized carbons (Fsp3) is 0.467. The van der Waals surface area contributed by atoms with Crippen molar-refractivity contribution in [2.24, 2.45) is 11.1 Å². The van der Waals surface area contributed by atoms with Crippen LogP contribution in [0.5, 0.6) is 5.75 Å². The van der Waals surface area contributed by atoms with Gasteiger partial charge in [-0.2, -0.15) is 4.98 Å². The predicted octanol–water partition coefficient (Wildman–Crippen LogP) is 2.71. The van der Waals surface area contributed by atoms with Crippen LogP contribution in [0.15, 0.2) is 28.8 Å². The summed E-state index contributed by atoms with van der Waals surface area (Å²) in [6, 6.07) is 7.53. The lowest BCUT2D eigenvalue weighted by Gasteiger charge is -2.23. The number of nitrogens with two attached hydrogens (primary N) is 1. The lowest BCUT2D eigenvalue weighted by Crippen LogP contribution is -2.26. The molecule has 0 saturated heterocycles. The summed E-state index contributed by atoms with van der Waals surface area (Å²) >= 11 is 0. The van der Waals surface area contributed by atoms with Gasteiger partial charge < -0.3 is 15.0 Å². The number of hydrogen-bond acceptors (Lipinski definition) is 5. The van der Waals surface area contributed by atoms with E-state index < -0.39 is 0 Å². The third kappa shape index (κ3) is 3.36. The van der Waals surface area contributed by atoms with E-state index in [1.54, 1.807) is 7.11 Å². The van der Waals surface area contributed by atoms with Gasteiger partial charge in [-0.25, -0.2) is 0 Å². The number of aromatic nitrogens is 2. The molecule has 2 aromatic rings. The van der Waals surface area contributed by atoms with E-state index in [1.165, 1.54) is 0 Å². The molecule has 0 aliphatic heterocycles. The highest BCUT2D eigenvalue weighted by Gasteiger charge is 2.27. The van der Waals surface area contributed by atoms with Gasteiger partial charge in [-0.05, 0) is 23.1 Å². The van der Waals surface area contributed by atoms with E-state index in [9.17, 15) is 0 Å². The summed E-state index contributed by atoms with van der Waals surface area (Å²) in [5.74, 6) is 1.96. The van der Waals surface area contributed by atoms with E-state index in [2.05, 4.69) is 10.1 Å². The smallest absolute Gasteiger partial charge is 0.244 e. The van der Waals surface area contributed by atoms with Crippen molar-refractivity contribution in [1.29, 1.82) is 0 Å². The van der Waals surface area contributed by atoms with Gasteiger partial charge in [-0.1, -0.05) is 38.1 Å². The van der Waals surface area contributed by atoms with Crippen LogP contribution in [0.3, 0.4) is 0 Å². The van der Waals surface area contributed by atoms with Crippen LogP contribution in [0, 0.1) is 5.41 Å². The minimum Gasteiger partial charge on any atom is -0.497 e. The lowest BCUT2D eigenvalue weighted by atomic mass is 9.87. The Kier molecular flexibility index (Phi) is 4.09. The Hall–Kier alpha value is -1.88.